The van der Waals surface area contributed by atoms with E-state index in [-0.39, 0.29) is 5.82 Å². The highest BCUT2D eigenvalue weighted by Crippen LogP contribution is 2.26. The van der Waals surface area contributed by atoms with Crippen molar-refractivity contribution in [3.05, 3.63) is 54.1 Å². The number of nitrogens with one attached hydrogen (secondary N) is 2. The molecule has 4 aromatic rings. The van der Waals surface area contributed by atoms with Gasteiger partial charge in [-0.15, -0.1) is 0 Å². The Balaban J connectivity index is 1.87. The lowest BCUT2D eigenvalue weighted by atomic mass is 10.1. The lowest BCUT2D eigenvalue weighted by molar-refractivity contribution is 1.28. The molecule has 0 fully saturated rings. The summed E-state index contributed by atoms with van der Waals surface area (Å²) in [5.41, 5.74) is 5.23. The Labute approximate surface area is 119 Å². The lowest BCUT2D eigenvalue weighted by Gasteiger charge is -2.08. The molecule has 0 radical (unpaired) electrons. The Bertz CT molecular complexity index is 930. The fraction of sp³-hybridized carbons (Fsp3) is 0. The van der Waals surface area contributed by atoms with Crippen LogP contribution >= 0.6 is 0 Å². The Hall–Kier alpha value is -2.99. The molecule has 0 aromatic carbocycles. The van der Waals surface area contributed by atoms with Gasteiger partial charge >= 0.3 is 0 Å². The molecular formula is C15H10N5O-. The summed E-state index contributed by atoms with van der Waals surface area (Å²) in [6, 6.07) is 9.31. The fourth-order valence-electron chi connectivity index (χ4n) is 2.38. The van der Waals surface area contributed by atoms with Gasteiger partial charge in [0, 0.05) is 34.9 Å². The van der Waals surface area contributed by atoms with Crippen molar-refractivity contribution >= 4 is 27.8 Å². The van der Waals surface area contributed by atoms with Crippen molar-refractivity contribution in [2.24, 2.45) is 0 Å². The average Bonchev–Trinajstić information content (AvgIpc) is 2.92. The summed E-state index contributed by atoms with van der Waals surface area (Å²) in [5, 5.41) is 12.6. The standard InChI is InChI=1S/C15H10N5O/c21-20-14-4-1-9(7-17-14)12-3-2-10-11-8-16-6-5-13(11)19-15(10)18-12/h1-8H,(H2-,17,18,19,20,21)/q-1. The Morgan fingerprint density at radius 3 is 2.76 bits per heavy atom. The maximum Gasteiger partial charge on any atom is 0.139 e. The molecule has 2 N–H and O–H groups in total. The maximum absolute atomic E-state index is 10.5. The molecular weight excluding hydrogens is 266 g/mol. The highest BCUT2D eigenvalue weighted by molar-refractivity contribution is 6.05. The van der Waals surface area contributed by atoms with E-state index in [1.54, 1.807) is 23.9 Å². The van der Waals surface area contributed by atoms with Crippen molar-refractivity contribution in [2.75, 3.05) is 5.48 Å². The largest absolute Gasteiger partial charge is 0.760 e. The third kappa shape index (κ3) is 1.89. The van der Waals surface area contributed by atoms with Gasteiger partial charge in [-0.25, -0.2) is 9.97 Å². The first-order valence-corrected chi connectivity index (χ1v) is 6.42. The van der Waals surface area contributed by atoms with Gasteiger partial charge in [-0.2, -0.15) is 0 Å². The first-order chi connectivity index (χ1) is 10.3. The maximum atomic E-state index is 10.5. The van der Waals surface area contributed by atoms with Crippen LogP contribution in [-0.2, 0) is 0 Å². The van der Waals surface area contributed by atoms with Gasteiger partial charge in [0.2, 0.25) is 0 Å². The Kier molecular flexibility index (Phi) is 2.55. The molecule has 0 spiro atoms. The van der Waals surface area contributed by atoms with E-state index < -0.39 is 0 Å². The number of hydrogen-bond acceptors (Lipinski definition) is 5. The first-order valence-electron chi connectivity index (χ1n) is 6.42. The quantitative estimate of drug-likeness (QED) is 0.549. The van der Waals surface area contributed by atoms with E-state index in [0.717, 1.165) is 33.2 Å². The van der Waals surface area contributed by atoms with Crippen molar-refractivity contribution in [3.8, 4) is 11.3 Å². The molecule has 0 atom stereocenters. The van der Waals surface area contributed by atoms with E-state index in [4.69, 9.17) is 0 Å². The van der Waals surface area contributed by atoms with Gasteiger partial charge < -0.3 is 15.7 Å². The Morgan fingerprint density at radius 2 is 1.95 bits per heavy atom. The number of H-pyrrole nitrogens is 1. The van der Waals surface area contributed by atoms with Gasteiger partial charge in [0.05, 0.1) is 11.2 Å². The first kappa shape index (κ1) is 11.8. The van der Waals surface area contributed by atoms with Gasteiger partial charge in [0.15, 0.2) is 0 Å². The van der Waals surface area contributed by atoms with Crippen LogP contribution in [-0.4, -0.2) is 19.9 Å². The molecule has 0 bridgehead atoms. The minimum absolute atomic E-state index is 0.288. The smallest absolute Gasteiger partial charge is 0.139 e. The molecule has 21 heavy (non-hydrogen) atoms. The van der Waals surface area contributed by atoms with E-state index in [2.05, 4.69) is 19.9 Å². The molecule has 4 rings (SSSR count). The predicted octanol–water partition coefficient (Wildman–Crippen LogP) is 3.08. The molecule has 0 amide bonds. The van der Waals surface area contributed by atoms with Crippen LogP contribution < -0.4 is 5.48 Å². The third-order valence-corrected chi connectivity index (χ3v) is 3.42. The van der Waals surface area contributed by atoms with Gasteiger partial charge in [-0.3, -0.25) is 4.98 Å². The van der Waals surface area contributed by atoms with Crippen LogP contribution in [0.5, 0.6) is 0 Å². The fourth-order valence-corrected chi connectivity index (χ4v) is 2.38. The Morgan fingerprint density at radius 1 is 1.00 bits per heavy atom. The zero-order chi connectivity index (χ0) is 14.2. The zero-order valence-corrected chi connectivity index (χ0v) is 10.9. The molecule has 4 aromatic heterocycles. The van der Waals surface area contributed by atoms with Crippen molar-refractivity contribution in [1.29, 1.82) is 0 Å². The lowest BCUT2D eigenvalue weighted by Crippen LogP contribution is -1.90. The predicted molar refractivity (Wildman–Crippen MR) is 81.6 cm³/mol. The molecule has 4 heterocycles. The van der Waals surface area contributed by atoms with Crippen molar-refractivity contribution in [2.45, 2.75) is 0 Å². The summed E-state index contributed by atoms with van der Waals surface area (Å²) in [5.74, 6) is 0.288. The van der Waals surface area contributed by atoms with E-state index in [9.17, 15) is 5.21 Å². The summed E-state index contributed by atoms with van der Waals surface area (Å²) in [6.07, 6.45) is 5.20. The molecule has 0 unspecified atom stereocenters. The molecule has 6 heteroatoms. The van der Waals surface area contributed by atoms with Gasteiger partial charge in [0.25, 0.3) is 0 Å². The number of hydrogen-bond donors (Lipinski definition) is 2. The molecule has 0 aliphatic heterocycles. The van der Waals surface area contributed by atoms with E-state index in [1.807, 2.05) is 30.5 Å². The van der Waals surface area contributed by atoms with Gasteiger partial charge in [0.1, 0.15) is 11.5 Å². The molecule has 102 valence electrons. The summed E-state index contributed by atoms with van der Waals surface area (Å²) in [6.45, 7) is 0. The third-order valence-electron chi connectivity index (χ3n) is 3.42. The molecule has 0 saturated carbocycles. The second-order valence-corrected chi connectivity index (χ2v) is 4.67. The minimum atomic E-state index is 0.288. The molecule has 0 aliphatic carbocycles. The average molecular weight is 276 g/mol. The summed E-state index contributed by atoms with van der Waals surface area (Å²) in [4.78, 5) is 16.0. The van der Waals surface area contributed by atoms with Crippen LogP contribution in [0.2, 0.25) is 0 Å². The second-order valence-electron chi connectivity index (χ2n) is 4.67. The number of aromatic amines is 1. The van der Waals surface area contributed by atoms with Crippen LogP contribution in [0.25, 0.3) is 33.2 Å². The van der Waals surface area contributed by atoms with Crippen LogP contribution in [0.4, 0.5) is 5.82 Å². The van der Waals surface area contributed by atoms with Gasteiger partial charge in [-0.1, -0.05) is 0 Å². The second kappa shape index (κ2) is 4.53. The number of nitrogens with zero attached hydrogens (tertiary/aromatic N) is 3. The summed E-state index contributed by atoms with van der Waals surface area (Å²) < 4.78 is 0. The van der Waals surface area contributed by atoms with Crippen LogP contribution in [0.15, 0.2) is 48.9 Å². The van der Waals surface area contributed by atoms with Crippen molar-refractivity contribution < 1.29 is 0 Å². The summed E-state index contributed by atoms with van der Waals surface area (Å²) in [7, 11) is 0. The number of rotatable bonds is 2. The van der Waals surface area contributed by atoms with Crippen molar-refractivity contribution in [1.82, 2.24) is 19.9 Å². The van der Waals surface area contributed by atoms with E-state index >= 15 is 0 Å². The molecule has 6 nitrogen and oxygen atoms in total. The van der Waals surface area contributed by atoms with Crippen molar-refractivity contribution in [3.63, 3.8) is 0 Å². The number of fused-ring (bicyclic) bond motifs is 3. The van der Waals surface area contributed by atoms with E-state index in [0.29, 0.717) is 0 Å². The van der Waals surface area contributed by atoms with Gasteiger partial charge in [-0.05, 0) is 30.3 Å². The highest BCUT2D eigenvalue weighted by Gasteiger charge is 2.07. The van der Waals surface area contributed by atoms with Crippen LogP contribution in [0.3, 0.4) is 0 Å². The number of anilines is 1. The minimum Gasteiger partial charge on any atom is -0.760 e. The number of aromatic nitrogens is 4. The summed E-state index contributed by atoms with van der Waals surface area (Å²) >= 11 is 0. The highest BCUT2D eigenvalue weighted by atomic mass is 16.5. The normalized spacial score (nSPS) is 11.1. The van der Waals surface area contributed by atoms with Crippen LogP contribution in [0, 0.1) is 5.21 Å². The SMILES string of the molecule is [O-]Nc1ccc(-c2ccc3c(n2)[nH]c2ccncc23)cn1. The zero-order valence-electron chi connectivity index (χ0n) is 10.9. The topological polar surface area (TPSA) is 89.5 Å². The van der Waals surface area contributed by atoms with E-state index in [1.165, 1.54) is 0 Å². The number of pyridine rings is 3. The van der Waals surface area contributed by atoms with Crippen LogP contribution in [0.1, 0.15) is 0 Å². The molecule has 0 aliphatic rings. The molecule has 0 saturated heterocycles. The monoisotopic (exact) mass is 276 g/mol.